The van der Waals surface area contributed by atoms with Crippen molar-refractivity contribution in [1.29, 1.82) is 0 Å². The molecular weight excluding hydrogens is 339 g/mol. The van der Waals surface area contributed by atoms with Crippen LogP contribution in [0.3, 0.4) is 0 Å². The average Bonchev–Trinajstić information content (AvgIpc) is 2.60. The molecule has 0 aliphatic carbocycles. The van der Waals surface area contributed by atoms with Gasteiger partial charge in [0.05, 0.1) is 0 Å². The van der Waals surface area contributed by atoms with Crippen molar-refractivity contribution in [1.82, 2.24) is 0 Å². The largest absolute Gasteiger partial charge is 0.318 e. The Hall–Kier alpha value is -1.66. The lowest BCUT2D eigenvalue weighted by Gasteiger charge is -2.10. The van der Waals surface area contributed by atoms with Gasteiger partial charge in [-0.05, 0) is 56.7 Å². The number of carbonyl (C=O) groups is 1. The van der Waals surface area contributed by atoms with Gasteiger partial charge in [-0.1, -0.05) is 67.3 Å². The molecule has 1 atom stereocenters. The minimum Gasteiger partial charge on any atom is -0.318 e. The molecule has 2 nitrogen and oxygen atoms in total. The highest BCUT2D eigenvalue weighted by molar-refractivity contribution is 7.64. The van der Waals surface area contributed by atoms with E-state index in [-0.39, 0.29) is 5.52 Å². The van der Waals surface area contributed by atoms with E-state index in [4.69, 9.17) is 0 Å². The molecule has 0 amide bonds. The summed E-state index contributed by atoms with van der Waals surface area (Å²) in [7, 11) is -2.20. The van der Waals surface area contributed by atoms with Crippen molar-refractivity contribution in [3.63, 3.8) is 0 Å². The Balaban J connectivity index is 1.68. The van der Waals surface area contributed by atoms with Gasteiger partial charge in [0.15, 0.2) is 0 Å². The van der Waals surface area contributed by atoms with E-state index in [2.05, 4.69) is 24.3 Å². The lowest BCUT2D eigenvalue weighted by atomic mass is 10.0. The van der Waals surface area contributed by atoms with Crippen LogP contribution in [0.2, 0.25) is 0 Å². The highest BCUT2D eigenvalue weighted by Gasteiger charge is 2.18. The molecule has 0 aromatic heterocycles. The zero-order valence-corrected chi connectivity index (χ0v) is 17.3. The van der Waals surface area contributed by atoms with Crippen LogP contribution < -0.4 is 0 Å². The summed E-state index contributed by atoms with van der Waals surface area (Å²) in [6.07, 6.45) is 7.17. The van der Waals surface area contributed by atoms with E-state index >= 15 is 0 Å². The van der Waals surface area contributed by atoms with Gasteiger partial charge in [-0.25, -0.2) is 0 Å². The van der Waals surface area contributed by atoms with E-state index < -0.39 is 7.80 Å². The van der Waals surface area contributed by atoms with Crippen molar-refractivity contribution in [2.45, 2.75) is 59.3 Å². The number of unbranched alkanes of at least 4 members (excludes halogenated alkanes) is 4. The van der Waals surface area contributed by atoms with Crippen LogP contribution in [0.5, 0.6) is 0 Å². The van der Waals surface area contributed by atoms with Crippen molar-refractivity contribution in [2.75, 3.05) is 6.16 Å². The summed E-state index contributed by atoms with van der Waals surface area (Å²) in [4.78, 5) is 12.6. The summed E-state index contributed by atoms with van der Waals surface area (Å²) >= 11 is 0. The predicted octanol–water partition coefficient (Wildman–Crippen LogP) is 6.50. The van der Waals surface area contributed by atoms with Gasteiger partial charge in [0.2, 0.25) is 5.52 Å². The number of benzene rings is 2. The van der Waals surface area contributed by atoms with Crippen LogP contribution in [0.15, 0.2) is 42.5 Å². The third-order valence-corrected chi connectivity index (χ3v) is 6.43. The van der Waals surface area contributed by atoms with Gasteiger partial charge in [-0.3, -0.25) is 4.79 Å². The highest BCUT2D eigenvalue weighted by Crippen LogP contribution is 2.32. The minimum atomic E-state index is -2.20. The quantitative estimate of drug-likeness (QED) is 0.353. The minimum absolute atomic E-state index is 0.130. The smallest absolute Gasteiger partial charge is 0.219 e. The van der Waals surface area contributed by atoms with E-state index in [9.17, 15) is 9.36 Å². The van der Waals surface area contributed by atoms with Gasteiger partial charge >= 0.3 is 0 Å². The van der Waals surface area contributed by atoms with E-state index in [0.717, 1.165) is 42.4 Å². The van der Waals surface area contributed by atoms with E-state index in [0.29, 0.717) is 11.7 Å². The molecule has 2 aromatic rings. The first kappa shape index (κ1) is 20.6. The highest BCUT2D eigenvalue weighted by atomic mass is 31.1. The lowest BCUT2D eigenvalue weighted by Crippen LogP contribution is -2.02. The fourth-order valence-corrected chi connectivity index (χ4v) is 5.05. The molecular formula is C23H31O2P. The van der Waals surface area contributed by atoms with E-state index in [1.54, 1.807) is 0 Å². The first-order valence-corrected chi connectivity index (χ1v) is 11.3. The van der Waals surface area contributed by atoms with Crippen molar-refractivity contribution in [3.8, 4) is 0 Å². The van der Waals surface area contributed by atoms with Gasteiger partial charge in [0.25, 0.3) is 0 Å². The second-order valence-corrected chi connectivity index (χ2v) is 9.08. The van der Waals surface area contributed by atoms with Crippen LogP contribution in [0.4, 0.5) is 0 Å². The Morgan fingerprint density at radius 1 is 0.846 bits per heavy atom. The molecule has 0 saturated carbocycles. The van der Waals surface area contributed by atoms with Crippen molar-refractivity contribution in [2.24, 2.45) is 0 Å². The van der Waals surface area contributed by atoms with Gasteiger partial charge in [0.1, 0.15) is 7.80 Å². The maximum Gasteiger partial charge on any atom is 0.219 e. The predicted molar refractivity (Wildman–Crippen MR) is 112 cm³/mol. The number of hydrogen-bond acceptors (Lipinski definition) is 2. The Bertz CT molecular complexity index is 727. The Morgan fingerprint density at radius 3 is 2.08 bits per heavy atom. The van der Waals surface area contributed by atoms with Gasteiger partial charge in [-0.15, -0.1) is 0 Å². The number of hydrogen-bond donors (Lipinski definition) is 0. The summed E-state index contributed by atoms with van der Waals surface area (Å²) in [6, 6.07) is 14.6. The number of aryl methyl sites for hydroxylation is 4. The standard InChI is InChI=1S/C23H31O2P/c1-18-16-19(2)22(20(3)17-18)23(24)26(25)15-11-6-4-5-8-12-21-13-9-7-10-14-21/h7,9-10,13-14,16-17,26H,4-6,8,11-12,15H2,1-3H3. The van der Waals surface area contributed by atoms with Gasteiger partial charge in [-0.2, -0.15) is 0 Å². The summed E-state index contributed by atoms with van der Waals surface area (Å²) in [5, 5.41) is 0. The third kappa shape index (κ3) is 6.25. The van der Waals surface area contributed by atoms with E-state index in [1.165, 1.54) is 18.4 Å². The number of rotatable bonds is 10. The monoisotopic (exact) mass is 370 g/mol. The molecule has 0 saturated heterocycles. The van der Waals surface area contributed by atoms with Crippen LogP contribution in [0.1, 0.15) is 64.7 Å². The molecule has 0 N–H and O–H groups in total. The molecule has 0 spiro atoms. The molecule has 140 valence electrons. The SMILES string of the molecule is Cc1cc(C)c(C(=O)[PH](=O)CCCCCCCc2ccccc2)c(C)c1. The molecule has 0 aliphatic heterocycles. The summed E-state index contributed by atoms with van der Waals surface area (Å²) in [5.41, 5.74) is 4.99. The molecule has 0 heterocycles. The van der Waals surface area contributed by atoms with Gasteiger partial charge in [0, 0.05) is 11.7 Å². The van der Waals surface area contributed by atoms with Crippen molar-refractivity contribution < 1.29 is 9.36 Å². The van der Waals surface area contributed by atoms with Crippen LogP contribution in [0, 0.1) is 20.8 Å². The molecule has 0 fully saturated rings. The first-order chi connectivity index (χ1) is 12.5. The first-order valence-electron chi connectivity index (χ1n) is 9.68. The second-order valence-electron chi connectivity index (χ2n) is 7.28. The molecule has 0 radical (unpaired) electrons. The third-order valence-electron chi connectivity index (χ3n) is 4.87. The summed E-state index contributed by atoms with van der Waals surface area (Å²) in [5.74, 6) is 0. The zero-order chi connectivity index (χ0) is 18.9. The molecule has 2 aromatic carbocycles. The lowest BCUT2D eigenvalue weighted by molar-refractivity contribution is 0.107. The fourth-order valence-electron chi connectivity index (χ4n) is 3.58. The fraction of sp³-hybridized carbons (Fsp3) is 0.435. The molecule has 26 heavy (non-hydrogen) atoms. The Kier molecular flexibility index (Phi) is 8.32. The van der Waals surface area contributed by atoms with Crippen molar-refractivity contribution in [3.05, 3.63) is 70.3 Å². The summed E-state index contributed by atoms with van der Waals surface area (Å²) < 4.78 is 12.4. The maximum absolute atomic E-state index is 12.6. The molecule has 2 rings (SSSR count). The topological polar surface area (TPSA) is 34.1 Å². The normalized spacial score (nSPS) is 12.1. The molecule has 0 bridgehead atoms. The van der Waals surface area contributed by atoms with Crippen LogP contribution in [-0.2, 0) is 11.0 Å². The van der Waals surface area contributed by atoms with Crippen LogP contribution >= 0.6 is 7.80 Å². The Labute approximate surface area is 158 Å². The maximum atomic E-state index is 12.6. The summed E-state index contributed by atoms with van der Waals surface area (Å²) in [6.45, 7) is 5.90. The Morgan fingerprint density at radius 2 is 1.42 bits per heavy atom. The molecule has 1 unspecified atom stereocenters. The average molecular weight is 370 g/mol. The van der Waals surface area contributed by atoms with E-state index in [1.807, 2.05) is 39.0 Å². The van der Waals surface area contributed by atoms with Crippen molar-refractivity contribution >= 4 is 13.3 Å². The zero-order valence-electron chi connectivity index (χ0n) is 16.3. The molecule has 0 aliphatic rings. The van der Waals surface area contributed by atoms with Gasteiger partial charge < -0.3 is 4.57 Å². The molecule has 3 heteroatoms. The number of carbonyl (C=O) groups excluding carboxylic acids is 1. The van der Waals surface area contributed by atoms with Crippen LogP contribution in [-0.4, -0.2) is 11.7 Å². The second kappa shape index (κ2) is 10.5. The van der Waals surface area contributed by atoms with Crippen LogP contribution in [0.25, 0.3) is 0 Å².